The first kappa shape index (κ1) is 27.7. The van der Waals surface area contributed by atoms with Crippen LogP contribution in [0.4, 0.5) is 5.69 Å². The van der Waals surface area contributed by atoms with Gasteiger partial charge in [-0.25, -0.2) is 0 Å². The molecule has 0 unspecified atom stereocenters. The average Bonchev–Trinajstić information content (AvgIpc) is 3.72. The van der Waals surface area contributed by atoms with E-state index < -0.39 is 0 Å². The van der Waals surface area contributed by atoms with E-state index in [2.05, 4.69) is 27.0 Å². The van der Waals surface area contributed by atoms with Crippen LogP contribution >= 0.6 is 50.6 Å². The van der Waals surface area contributed by atoms with Gasteiger partial charge >= 0.3 is 4.87 Å². The van der Waals surface area contributed by atoms with Gasteiger partial charge in [0.2, 0.25) is 11.8 Å². The van der Waals surface area contributed by atoms with Crippen molar-refractivity contribution < 1.29 is 14.3 Å². The number of hydrogen-bond acceptors (Lipinski definition) is 6. The molecule has 4 aliphatic rings. The van der Waals surface area contributed by atoms with E-state index in [0.29, 0.717) is 17.3 Å². The van der Waals surface area contributed by atoms with Crippen LogP contribution in [0.3, 0.4) is 0 Å². The predicted octanol–water partition coefficient (Wildman–Crippen LogP) is 7.42. The second kappa shape index (κ2) is 10.4. The highest BCUT2D eigenvalue weighted by Gasteiger charge is 2.69. The van der Waals surface area contributed by atoms with Crippen LogP contribution in [0.5, 0.6) is 5.75 Å². The number of nitrogens with zero attached hydrogens (tertiary/aromatic N) is 1. The van der Waals surface area contributed by atoms with Crippen molar-refractivity contribution in [2.75, 3.05) is 4.90 Å². The Labute approximate surface area is 269 Å². The molecule has 4 aromatic rings. The molecule has 2 bridgehead atoms. The summed E-state index contributed by atoms with van der Waals surface area (Å²) in [6.45, 7) is 2.34. The van der Waals surface area contributed by atoms with E-state index in [4.69, 9.17) is 16.3 Å². The lowest BCUT2D eigenvalue weighted by Crippen LogP contribution is -2.42. The number of anilines is 1. The van der Waals surface area contributed by atoms with Crippen molar-refractivity contribution in [1.29, 1.82) is 0 Å². The molecule has 8 rings (SSSR count). The lowest BCUT2D eigenvalue weighted by atomic mass is 9.68. The van der Waals surface area contributed by atoms with Crippen molar-refractivity contribution in [1.82, 2.24) is 4.98 Å². The molecule has 2 aliphatic heterocycles. The number of thiazole rings is 1. The maximum absolute atomic E-state index is 14.0. The number of carbonyl (C=O) groups excluding carboxylic acids is 2. The number of imide groups is 1. The van der Waals surface area contributed by atoms with Crippen LogP contribution in [-0.2, 0) is 16.2 Å². The Hall–Kier alpha value is -2.85. The Morgan fingerprint density at radius 2 is 1.77 bits per heavy atom. The van der Waals surface area contributed by atoms with E-state index in [0.717, 1.165) is 43.2 Å². The first-order valence-electron chi connectivity index (χ1n) is 14.3. The number of hydrogen-bond donors (Lipinski definition) is 1. The molecule has 7 atom stereocenters. The molecule has 1 aromatic heterocycles. The van der Waals surface area contributed by atoms with Gasteiger partial charge in [0.1, 0.15) is 12.4 Å². The fourth-order valence-electron chi connectivity index (χ4n) is 7.99. The van der Waals surface area contributed by atoms with Gasteiger partial charge in [-0.05, 0) is 79.1 Å². The zero-order valence-corrected chi connectivity index (χ0v) is 26.9. The lowest BCUT2D eigenvalue weighted by Gasteiger charge is -2.43. The lowest BCUT2D eigenvalue weighted by molar-refractivity contribution is -0.123. The minimum absolute atomic E-state index is 0.0227. The average molecular weight is 694 g/mol. The first-order valence-corrected chi connectivity index (χ1v) is 17.2. The number of benzene rings is 3. The van der Waals surface area contributed by atoms with E-state index in [1.807, 2.05) is 67.6 Å². The SMILES string of the molecule is Cc1ccc(N2C(=O)[C@H]3[C@H]4C[C@@H]([C@@H]3C2=O)[C@H]2[C@H](c3cc(Br)ccc3OCc3cccc(Cl)c3)c3sc(=O)[nH]c3S[C@H]42)cc1. The molecule has 1 saturated heterocycles. The number of halogens is 2. The monoisotopic (exact) mass is 692 g/mol. The number of aromatic amines is 1. The fourth-order valence-corrected chi connectivity index (χ4v) is 11.5. The van der Waals surface area contributed by atoms with Crippen molar-refractivity contribution in [2.24, 2.45) is 29.6 Å². The van der Waals surface area contributed by atoms with Gasteiger partial charge in [0, 0.05) is 31.1 Å². The van der Waals surface area contributed by atoms with Gasteiger partial charge in [0.15, 0.2) is 0 Å². The number of H-pyrrole nitrogens is 1. The van der Waals surface area contributed by atoms with Crippen molar-refractivity contribution >= 4 is 68.1 Å². The molecule has 43 heavy (non-hydrogen) atoms. The van der Waals surface area contributed by atoms with Crippen LogP contribution in [0.25, 0.3) is 0 Å². The van der Waals surface area contributed by atoms with Gasteiger partial charge in [0.25, 0.3) is 0 Å². The van der Waals surface area contributed by atoms with Gasteiger partial charge in [-0.3, -0.25) is 19.3 Å². The Morgan fingerprint density at radius 3 is 2.53 bits per heavy atom. The molecular weight excluding hydrogens is 668 g/mol. The second-order valence-corrected chi connectivity index (χ2v) is 15.5. The Kier molecular flexibility index (Phi) is 6.67. The maximum Gasteiger partial charge on any atom is 0.305 e. The molecule has 10 heteroatoms. The number of rotatable bonds is 5. The Morgan fingerprint density at radius 1 is 1.00 bits per heavy atom. The molecule has 6 nitrogen and oxygen atoms in total. The highest BCUT2D eigenvalue weighted by Crippen LogP contribution is 2.69. The summed E-state index contributed by atoms with van der Waals surface area (Å²) in [5.74, 6) is -0.122. The van der Waals surface area contributed by atoms with Crippen LogP contribution in [0.2, 0.25) is 5.02 Å². The van der Waals surface area contributed by atoms with E-state index in [9.17, 15) is 14.4 Å². The highest BCUT2D eigenvalue weighted by atomic mass is 79.9. The summed E-state index contributed by atoms with van der Waals surface area (Å²) in [5, 5.41) is 1.62. The molecule has 1 N–H and O–H groups in total. The predicted molar refractivity (Wildman–Crippen MR) is 172 cm³/mol. The van der Waals surface area contributed by atoms with Gasteiger partial charge in [-0.15, -0.1) is 11.8 Å². The van der Waals surface area contributed by atoms with Crippen molar-refractivity contribution in [2.45, 2.75) is 36.1 Å². The molecule has 0 radical (unpaired) electrons. The van der Waals surface area contributed by atoms with E-state index in [1.165, 1.54) is 16.2 Å². The topological polar surface area (TPSA) is 79.5 Å². The number of fused-ring (bicyclic) bond motifs is 9. The maximum atomic E-state index is 14.0. The van der Waals surface area contributed by atoms with E-state index >= 15 is 0 Å². The van der Waals surface area contributed by atoms with E-state index in [-0.39, 0.29) is 57.4 Å². The van der Waals surface area contributed by atoms with Crippen LogP contribution in [-0.4, -0.2) is 22.0 Å². The van der Waals surface area contributed by atoms with Gasteiger partial charge < -0.3 is 9.72 Å². The number of nitrogens with one attached hydrogen (secondary N) is 1. The molecule has 2 aliphatic carbocycles. The number of carbonyl (C=O) groups is 2. The minimum atomic E-state index is -0.358. The first-order chi connectivity index (χ1) is 20.8. The summed E-state index contributed by atoms with van der Waals surface area (Å²) < 4.78 is 7.36. The zero-order chi connectivity index (χ0) is 29.6. The minimum Gasteiger partial charge on any atom is -0.489 e. The molecular formula is C33H26BrClN2O4S2. The summed E-state index contributed by atoms with van der Waals surface area (Å²) in [4.78, 5) is 46.1. The number of ether oxygens (including phenoxy) is 1. The van der Waals surface area contributed by atoms with Gasteiger partial charge in [-0.2, -0.15) is 0 Å². The molecule has 218 valence electrons. The number of aromatic nitrogens is 1. The fraction of sp³-hybridized carbons (Fsp3) is 0.303. The molecule has 2 amide bonds. The van der Waals surface area contributed by atoms with Crippen molar-refractivity contribution in [3.63, 3.8) is 0 Å². The quantitative estimate of drug-likeness (QED) is 0.220. The third-order valence-corrected chi connectivity index (χ3v) is 12.9. The number of aryl methyl sites for hydroxylation is 1. The summed E-state index contributed by atoms with van der Waals surface area (Å²) in [7, 11) is 0. The van der Waals surface area contributed by atoms with Crippen molar-refractivity contribution in [3.05, 3.63) is 107 Å². The van der Waals surface area contributed by atoms with Gasteiger partial charge in [0.05, 0.1) is 22.5 Å². The van der Waals surface area contributed by atoms with Gasteiger partial charge in [-0.1, -0.05) is 68.7 Å². The van der Waals surface area contributed by atoms with Crippen molar-refractivity contribution in [3.8, 4) is 5.75 Å². The number of amides is 2. The largest absolute Gasteiger partial charge is 0.489 e. The van der Waals surface area contributed by atoms with Crippen LogP contribution in [0.15, 0.2) is 81.0 Å². The smallest absolute Gasteiger partial charge is 0.305 e. The van der Waals surface area contributed by atoms with Crippen LogP contribution < -0.4 is 14.5 Å². The molecule has 3 fully saturated rings. The summed E-state index contributed by atoms with van der Waals surface area (Å²) >= 11 is 12.8. The molecule has 3 heterocycles. The van der Waals surface area contributed by atoms with E-state index in [1.54, 1.807) is 11.8 Å². The Bertz CT molecular complexity index is 1860. The summed E-state index contributed by atoms with van der Waals surface area (Å²) in [6.07, 6.45) is 0.833. The third kappa shape index (κ3) is 4.37. The second-order valence-electron chi connectivity index (χ2n) is 11.9. The van der Waals surface area contributed by atoms with Crippen LogP contribution in [0.1, 0.15) is 33.9 Å². The summed E-state index contributed by atoms with van der Waals surface area (Å²) in [5.41, 5.74) is 3.67. The third-order valence-electron chi connectivity index (χ3n) is 9.61. The molecule has 3 aromatic carbocycles. The highest BCUT2D eigenvalue weighted by molar-refractivity contribution is 9.10. The standard InChI is InChI=1S/C33H26BrClN2O4S2/c1-15-5-8-19(9-6-15)37-31(38)26-21-13-22(27(26)32(37)39)28-25(21)24(29-30(42-28)36-33(40)43-29)20-12-17(34)7-10-23(20)41-14-16-3-2-4-18(35)11-16/h2-12,21-22,24-28H,13-14H2,1H3,(H,36,40)/t21-,22-,24+,25+,26+,27+,28-/m1/s1. The molecule has 2 saturated carbocycles. The Balaban J connectivity index is 1.20. The zero-order valence-electron chi connectivity index (χ0n) is 23.0. The number of thioether (sulfide) groups is 1. The normalized spacial score (nSPS) is 28.6. The molecule has 0 spiro atoms. The summed E-state index contributed by atoms with van der Waals surface area (Å²) in [6, 6.07) is 21.2. The van der Waals surface area contributed by atoms with Crippen LogP contribution in [0, 0.1) is 36.5 Å².